The van der Waals surface area contributed by atoms with Gasteiger partial charge in [0, 0.05) is 31.5 Å². The molecule has 0 fully saturated rings. The van der Waals surface area contributed by atoms with E-state index in [9.17, 15) is 5.11 Å². The fourth-order valence-electron chi connectivity index (χ4n) is 1.73. The van der Waals surface area contributed by atoms with Crippen LogP contribution in [0, 0.1) is 0 Å². The lowest BCUT2D eigenvalue weighted by Gasteiger charge is -2.25. The Labute approximate surface area is 103 Å². The molecule has 0 radical (unpaired) electrons. The van der Waals surface area contributed by atoms with Crippen LogP contribution in [-0.4, -0.2) is 36.4 Å². The van der Waals surface area contributed by atoms with Crippen molar-refractivity contribution in [3.8, 4) is 0 Å². The number of likely N-dealkylation sites (N-methyl/N-ethyl adjacent to an activating group) is 1. The maximum Gasteiger partial charge on any atom is 0.134 e. The molecule has 0 saturated carbocycles. The van der Waals surface area contributed by atoms with E-state index in [-0.39, 0.29) is 0 Å². The normalized spacial score (nSPS) is 12.5. The van der Waals surface area contributed by atoms with E-state index < -0.39 is 6.10 Å². The van der Waals surface area contributed by atoms with Crippen molar-refractivity contribution in [3.63, 3.8) is 0 Å². The van der Waals surface area contributed by atoms with Gasteiger partial charge in [-0.25, -0.2) is 4.98 Å². The predicted molar refractivity (Wildman–Crippen MR) is 69.3 cm³/mol. The molecule has 1 atom stereocenters. The number of nitrogens with zero attached hydrogens (tertiary/aromatic N) is 2. The standard InChI is InChI=1S/C13H22N2O2/c1-4-15(9-10-17-5-2)13-12(11(3)16)7-6-8-14-13/h6-8,11,16H,4-5,9-10H2,1-3H3. The zero-order valence-electron chi connectivity index (χ0n) is 10.9. The summed E-state index contributed by atoms with van der Waals surface area (Å²) in [6.45, 7) is 8.87. The minimum Gasteiger partial charge on any atom is -0.389 e. The molecule has 96 valence electrons. The van der Waals surface area contributed by atoms with Crippen LogP contribution in [0.1, 0.15) is 32.4 Å². The summed E-state index contributed by atoms with van der Waals surface area (Å²) >= 11 is 0. The molecule has 0 aromatic carbocycles. The lowest BCUT2D eigenvalue weighted by atomic mass is 10.1. The van der Waals surface area contributed by atoms with Gasteiger partial charge in [0.25, 0.3) is 0 Å². The highest BCUT2D eigenvalue weighted by atomic mass is 16.5. The number of hydrogen-bond acceptors (Lipinski definition) is 4. The van der Waals surface area contributed by atoms with Crippen LogP contribution in [0.25, 0.3) is 0 Å². The van der Waals surface area contributed by atoms with Gasteiger partial charge in [0.05, 0.1) is 12.7 Å². The van der Waals surface area contributed by atoms with E-state index in [4.69, 9.17) is 4.74 Å². The number of aliphatic hydroxyl groups is 1. The van der Waals surface area contributed by atoms with Crippen LogP contribution in [0.15, 0.2) is 18.3 Å². The van der Waals surface area contributed by atoms with Crippen LogP contribution in [-0.2, 0) is 4.74 Å². The molecule has 0 amide bonds. The summed E-state index contributed by atoms with van der Waals surface area (Å²) in [6.07, 6.45) is 1.25. The zero-order chi connectivity index (χ0) is 12.7. The van der Waals surface area contributed by atoms with Gasteiger partial charge >= 0.3 is 0 Å². The van der Waals surface area contributed by atoms with Gasteiger partial charge in [-0.2, -0.15) is 0 Å². The van der Waals surface area contributed by atoms with Crippen molar-refractivity contribution in [3.05, 3.63) is 23.9 Å². The summed E-state index contributed by atoms with van der Waals surface area (Å²) in [5.41, 5.74) is 0.867. The van der Waals surface area contributed by atoms with Crippen molar-refractivity contribution >= 4 is 5.82 Å². The van der Waals surface area contributed by atoms with E-state index in [2.05, 4.69) is 16.8 Å². The van der Waals surface area contributed by atoms with Crippen LogP contribution in [0.5, 0.6) is 0 Å². The first kappa shape index (κ1) is 13.9. The van der Waals surface area contributed by atoms with E-state index in [1.807, 2.05) is 19.1 Å². The number of aliphatic hydroxyl groups excluding tert-OH is 1. The fourth-order valence-corrected chi connectivity index (χ4v) is 1.73. The highest BCUT2D eigenvalue weighted by Gasteiger charge is 2.13. The Bertz CT molecular complexity index is 329. The van der Waals surface area contributed by atoms with E-state index in [0.717, 1.165) is 31.1 Å². The molecule has 0 aliphatic carbocycles. The molecule has 1 rings (SSSR count). The Kier molecular flexibility index (Phi) is 5.94. The van der Waals surface area contributed by atoms with Gasteiger partial charge in [-0.05, 0) is 26.8 Å². The van der Waals surface area contributed by atoms with Crippen molar-refractivity contribution < 1.29 is 9.84 Å². The Balaban J connectivity index is 2.79. The van der Waals surface area contributed by atoms with Gasteiger partial charge in [0.2, 0.25) is 0 Å². The second-order valence-electron chi connectivity index (χ2n) is 3.87. The molecular formula is C13H22N2O2. The quantitative estimate of drug-likeness (QED) is 0.738. The Hall–Kier alpha value is -1.13. The summed E-state index contributed by atoms with van der Waals surface area (Å²) < 4.78 is 5.36. The first-order chi connectivity index (χ1) is 8.20. The average molecular weight is 238 g/mol. The highest BCUT2D eigenvalue weighted by molar-refractivity contribution is 5.47. The summed E-state index contributed by atoms with van der Waals surface area (Å²) in [7, 11) is 0. The van der Waals surface area contributed by atoms with Crippen LogP contribution >= 0.6 is 0 Å². The monoisotopic (exact) mass is 238 g/mol. The topological polar surface area (TPSA) is 45.6 Å². The van der Waals surface area contributed by atoms with Crippen LogP contribution in [0.4, 0.5) is 5.82 Å². The molecule has 0 bridgehead atoms. The van der Waals surface area contributed by atoms with Crippen LogP contribution in [0.2, 0.25) is 0 Å². The Morgan fingerprint density at radius 2 is 2.24 bits per heavy atom. The van der Waals surface area contributed by atoms with Crippen molar-refractivity contribution in [1.82, 2.24) is 4.98 Å². The SMILES string of the molecule is CCOCCN(CC)c1ncccc1C(C)O. The van der Waals surface area contributed by atoms with Gasteiger partial charge in [0.15, 0.2) is 0 Å². The summed E-state index contributed by atoms with van der Waals surface area (Å²) in [6, 6.07) is 3.76. The molecule has 1 heterocycles. The van der Waals surface area contributed by atoms with Gasteiger partial charge in [-0.15, -0.1) is 0 Å². The van der Waals surface area contributed by atoms with Gasteiger partial charge in [0.1, 0.15) is 5.82 Å². The van der Waals surface area contributed by atoms with Crippen molar-refractivity contribution in [2.45, 2.75) is 26.9 Å². The average Bonchev–Trinajstić information content (AvgIpc) is 2.35. The third-order valence-electron chi connectivity index (χ3n) is 2.66. The molecule has 0 aliphatic rings. The first-order valence-electron chi connectivity index (χ1n) is 6.16. The number of ether oxygens (including phenoxy) is 1. The third-order valence-corrected chi connectivity index (χ3v) is 2.66. The van der Waals surface area contributed by atoms with Crippen molar-refractivity contribution in [2.24, 2.45) is 0 Å². The zero-order valence-corrected chi connectivity index (χ0v) is 10.9. The number of rotatable bonds is 7. The minimum absolute atomic E-state index is 0.500. The summed E-state index contributed by atoms with van der Waals surface area (Å²) in [5, 5.41) is 9.72. The maximum absolute atomic E-state index is 9.72. The van der Waals surface area contributed by atoms with Gasteiger partial charge in [-0.3, -0.25) is 0 Å². The molecule has 1 aromatic rings. The van der Waals surface area contributed by atoms with Crippen LogP contribution in [0.3, 0.4) is 0 Å². The molecular weight excluding hydrogens is 216 g/mol. The molecule has 1 unspecified atom stereocenters. The number of anilines is 1. The number of hydrogen-bond donors (Lipinski definition) is 1. The molecule has 0 saturated heterocycles. The molecule has 0 spiro atoms. The van der Waals surface area contributed by atoms with E-state index in [1.165, 1.54) is 0 Å². The lowest BCUT2D eigenvalue weighted by Crippen LogP contribution is -2.29. The summed E-state index contributed by atoms with van der Waals surface area (Å²) in [4.78, 5) is 6.48. The van der Waals surface area contributed by atoms with Crippen LogP contribution < -0.4 is 4.90 Å². The minimum atomic E-state index is -0.500. The molecule has 1 N–H and O–H groups in total. The van der Waals surface area contributed by atoms with E-state index in [0.29, 0.717) is 6.61 Å². The maximum atomic E-state index is 9.72. The molecule has 1 aromatic heterocycles. The molecule has 17 heavy (non-hydrogen) atoms. The largest absolute Gasteiger partial charge is 0.389 e. The first-order valence-corrected chi connectivity index (χ1v) is 6.16. The second-order valence-corrected chi connectivity index (χ2v) is 3.87. The van der Waals surface area contributed by atoms with Gasteiger partial charge < -0.3 is 14.7 Å². The molecule has 4 nitrogen and oxygen atoms in total. The number of aromatic nitrogens is 1. The molecule has 0 aliphatic heterocycles. The van der Waals surface area contributed by atoms with Gasteiger partial charge in [-0.1, -0.05) is 6.07 Å². The van der Waals surface area contributed by atoms with Crippen molar-refractivity contribution in [1.29, 1.82) is 0 Å². The second kappa shape index (κ2) is 7.25. The predicted octanol–water partition coefficient (Wildman–Crippen LogP) is 2.00. The highest BCUT2D eigenvalue weighted by Crippen LogP contribution is 2.23. The Morgan fingerprint density at radius 1 is 1.47 bits per heavy atom. The fraction of sp³-hybridized carbons (Fsp3) is 0.615. The summed E-state index contributed by atoms with van der Waals surface area (Å²) in [5.74, 6) is 0.852. The van der Waals surface area contributed by atoms with E-state index >= 15 is 0 Å². The lowest BCUT2D eigenvalue weighted by molar-refractivity contribution is 0.153. The van der Waals surface area contributed by atoms with Crippen molar-refractivity contribution in [2.75, 3.05) is 31.2 Å². The Morgan fingerprint density at radius 3 is 2.82 bits per heavy atom. The number of pyridine rings is 1. The third kappa shape index (κ3) is 3.98. The van der Waals surface area contributed by atoms with E-state index in [1.54, 1.807) is 13.1 Å². The molecule has 4 heteroatoms. The smallest absolute Gasteiger partial charge is 0.134 e.